The van der Waals surface area contributed by atoms with Gasteiger partial charge < -0.3 is 10.6 Å². The SMILES string of the molecule is CN1CCCC1CN(C)S(=O)(=O)c1ccc(C(N)=S)cc1. The first-order chi connectivity index (χ1) is 9.82. The molecule has 2 N–H and O–H groups in total. The van der Waals surface area contributed by atoms with Crippen LogP contribution < -0.4 is 5.73 Å². The molecule has 0 amide bonds. The Labute approximate surface area is 131 Å². The summed E-state index contributed by atoms with van der Waals surface area (Å²) in [6.07, 6.45) is 2.16. The van der Waals surface area contributed by atoms with E-state index in [0.29, 0.717) is 18.2 Å². The van der Waals surface area contributed by atoms with Crippen LogP contribution in [0, 0.1) is 0 Å². The topological polar surface area (TPSA) is 66.6 Å². The molecule has 0 radical (unpaired) electrons. The summed E-state index contributed by atoms with van der Waals surface area (Å²) >= 11 is 4.87. The van der Waals surface area contributed by atoms with Crippen LogP contribution in [0.15, 0.2) is 29.2 Å². The van der Waals surface area contributed by atoms with Gasteiger partial charge in [-0.2, -0.15) is 4.31 Å². The molecule has 2 rings (SSSR count). The first kappa shape index (κ1) is 16.4. The molecule has 0 aliphatic carbocycles. The number of sulfonamides is 1. The van der Waals surface area contributed by atoms with Crippen molar-refractivity contribution in [2.45, 2.75) is 23.8 Å². The van der Waals surface area contributed by atoms with Gasteiger partial charge in [-0.3, -0.25) is 0 Å². The second-order valence-corrected chi connectivity index (χ2v) is 7.94. The largest absolute Gasteiger partial charge is 0.389 e. The van der Waals surface area contributed by atoms with E-state index in [2.05, 4.69) is 4.90 Å². The molecule has 1 saturated heterocycles. The van der Waals surface area contributed by atoms with Crippen LogP contribution in [-0.4, -0.2) is 55.8 Å². The van der Waals surface area contributed by atoms with Crippen molar-refractivity contribution in [3.63, 3.8) is 0 Å². The van der Waals surface area contributed by atoms with Gasteiger partial charge in [0.25, 0.3) is 0 Å². The van der Waals surface area contributed by atoms with Crippen LogP contribution in [0.5, 0.6) is 0 Å². The van der Waals surface area contributed by atoms with Gasteiger partial charge in [0, 0.05) is 25.2 Å². The van der Waals surface area contributed by atoms with E-state index in [0.717, 1.165) is 19.4 Å². The Kier molecular flexibility index (Phi) is 4.98. The first-order valence-corrected chi connectivity index (χ1v) is 8.73. The van der Waals surface area contributed by atoms with Crippen LogP contribution in [-0.2, 0) is 10.0 Å². The lowest BCUT2D eigenvalue weighted by molar-refractivity contribution is 0.271. The molecule has 1 aliphatic heterocycles. The molecule has 21 heavy (non-hydrogen) atoms. The van der Waals surface area contributed by atoms with Gasteiger partial charge in [-0.05, 0) is 38.6 Å². The Morgan fingerprint density at radius 1 is 1.43 bits per heavy atom. The molecule has 0 aromatic heterocycles. The average molecular weight is 327 g/mol. The minimum Gasteiger partial charge on any atom is -0.389 e. The highest BCUT2D eigenvalue weighted by Crippen LogP contribution is 2.20. The fourth-order valence-corrected chi connectivity index (χ4v) is 3.92. The third-order valence-corrected chi connectivity index (χ3v) is 6.06. The first-order valence-electron chi connectivity index (χ1n) is 6.89. The van der Waals surface area contributed by atoms with Crippen molar-refractivity contribution in [2.24, 2.45) is 5.73 Å². The average Bonchev–Trinajstić information content (AvgIpc) is 2.84. The number of likely N-dealkylation sites (tertiary alicyclic amines) is 1. The maximum Gasteiger partial charge on any atom is 0.242 e. The van der Waals surface area contributed by atoms with Gasteiger partial charge in [0.15, 0.2) is 0 Å². The molecule has 1 fully saturated rings. The van der Waals surface area contributed by atoms with Crippen molar-refractivity contribution in [2.75, 3.05) is 27.2 Å². The monoisotopic (exact) mass is 327 g/mol. The number of nitrogens with zero attached hydrogens (tertiary/aromatic N) is 2. The quantitative estimate of drug-likeness (QED) is 0.819. The van der Waals surface area contributed by atoms with E-state index in [9.17, 15) is 8.42 Å². The highest BCUT2D eigenvalue weighted by Gasteiger charge is 2.28. The van der Waals surface area contributed by atoms with Crippen molar-refractivity contribution in [3.05, 3.63) is 29.8 Å². The molecule has 1 unspecified atom stereocenters. The van der Waals surface area contributed by atoms with E-state index in [1.807, 2.05) is 7.05 Å². The predicted octanol–water partition coefficient (Wildman–Crippen LogP) is 1.04. The molecule has 1 aromatic carbocycles. The van der Waals surface area contributed by atoms with Crippen LogP contribution in [0.3, 0.4) is 0 Å². The summed E-state index contributed by atoms with van der Waals surface area (Å²) in [5.74, 6) is 0. The van der Waals surface area contributed by atoms with Gasteiger partial charge in [0.2, 0.25) is 10.0 Å². The maximum atomic E-state index is 12.6. The van der Waals surface area contributed by atoms with E-state index < -0.39 is 10.0 Å². The zero-order chi connectivity index (χ0) is 15.6. The Hall–Kier alpha value is -1.02. The van der Waals surface area contributed by atoms with E-state index in [4.69, 9.17) is 18.0 Å². The summed E-state index contributed by atoms with van der Waals surface area (Å²) in [5.41, 5.74) is 6.19. The fourth-order valence-electron chi connectivity index (χ4n) is 2.58. The van der Waals surface area contributed by atoms with Crippen molar-refractivity contribution in [3.8, 4) is 0 Å². The van der Waals surface area contributed by atoms with Crippen LogP contribution in [0.25, 0.3) is 0 Å². The summed E-state index contributed by atoms with van der Waals surface area (Å²) in [6, 6.07) is 6.69. The summed E-state index contributed by atoms with van der Waals surface area (Å²) in [5, 5.41) is 0. The molecule has 1 aromatic rings. The van der Waals surface area contributed by atoms with Gasteiger partial charge in [-0.25, -0.2) is 8.42 Å². The molecule has 0 spiro atoms. The smallest absolute Gasteiger partial charge is 0.242 e. The number of benzene rings is 1. The zero-order valence-corrected chi connectivity index (χ0v) is 14.0. The Bertz CT molecular complexity index is 614. The molecule has 0 saturated carbocycles. The van der Waals surface area contributed by atoms with Crippen molar-refractivity contribution in [1.82, 2.24) is 9.21 Å². The van der Waals surface area contributed by atoms with Gasteiger partial charge in [0.1, 0.15) is 4.99 Å². The highest BCUT2D eigenvalue weighted by atomic mass is 32.2. The summed E-state index contributed by atoms with van der Waals surface area (Å²) in [7, 11) is 0.195. The summed E-state index contributed by atoms with van der Waals surface area (Å²) in [6.45, 7) is 1.54. The summed E-state index contributed by atoms with van der Waals surface area (Å²) in [4.78, 5) is 2.74. The minimum absolute atomic E-state index is 0.264. The number of nitrogens with two attached hydrogens (primary N) is 1. The maximum absolute atomic E-state index is 12.6. The van der Waals surface area contributed by atoms with Crippen LogP contribution in [0.2, 0.25) is 0 Å². The third-order valence-electron chi connectivity index (χ3n) is 3.99. The standard InChI is InChI=1S/C14H21N3O2S2/c1-16-9-3-4-12(16)10-17(2)21(18,19)13-7-5-11(6-8-13)14(15)20/h5-8,12H,3-4,9-10H2,1-2H3,(H2,15,20). The molecule has 1 aliphatic rings. The molecule has 0 bridgehead atoms. The Morgan fingerprint density at radius 3 is 2.52 bits per heavy atom. The number of thiocarbonyl (C=S) groups is 1. The van der Waals surface area contributed by atoms with Gasteiger partial charge in [-0.1, -0.05) is 24.4 Å². The Balaban J connectivity index is 2.14. The Morgan fingerprint density at radius 2 is 2.05 bits per heavy atom. The van der Waals surface area contributed by atoms with E-state index in [1.54, 1.807) is 31.3 Å². The minimum atomic E-state index is -3.47. The molecular weight excluding hydrogens is 306 g/mol. The molecule has 116 valence electrons. The van der Waals surface area contributed by atoms with Crippen LogP contribution in [0.1, 0.15) is 18.4 Å². The normalized spacial score (nSPS) is 20.0. The lowest BCUT2D eigenvalue weighted by Crippen LogP contribution is -2.39. The molecular formula is C14H21N3O2S2. The van der Waals surface area contributed by atoms with Crippen molar-refractivity contribution in [1.29, 1.82) is 0 Å². The number of hydrogen-bond donors (Lipinski definition) is 1. The lowest BCUT2D eigenvalue weighted by Gasteiger charge is -2.25. The molecule has 1 heterocycles. The van der Waals surface area contributed by atoms with Crippen molar-refractivity contribution < 1.29 is 8.42 Å². The number of rotatable bonds is 5. The van der Waals surface area contributed by atoms with Gasteiger partial charge in [-0.15, -0.1) is 0 Å². The van der Waals surface area contributed by atoms with E-state index >= 15 is 0 Å². The number of likely N-dealkylation sites (N-methyl/N-ethyl adjacent to an activating group) is 2. The van der Waals surface area contributed by atoms with Gasteiger partial charge >= 0.3 is 0 Å². The fraction of sp³-hybridized carbons (Fsp3) is 0.500. The highest BCUT2D eigenvalue weighted by molar-refractivity contribution is 7.89. The third kappa shape index (κ3) is 3.60. The van der Waals surface area contributed by atoms with Crippen LogP contribution >= 0.6 is 12.2 Å². The number of hydrogen-bond acceptors (Lipinski definition) is 4. The van der Waals surface area contributed by atoms with E-state index in [1.165, 1.54) is 4.31 Å². The molecule has 1 atom stereocenters. The second-order valence-electron chi connectivity index (χ2n) is 5.45. The molecule has 7 heteroatoms. The second kappa shape index (κ2) is 6.39. The van der Waals surface area contributed by atoms with E-state index in [-0.39, 0.29) is 9.88 Å². The van der Waals surface area contributed by atoms with Crippen molar-refractivity contribution >= 4 is 27.2 Å². The zero-order valence-electron chi connectivity index (χ0n) is 12.3. The summed E-state index contributed by atoms with van der Waals surface area (Å²) < 4.78 is 26.5. The lowest BCUT2D eigenvalue weighted by atomic mass is 10.2. The van der Waals surface area contributed by atoms with Crippen LogP contribution in [0.4, 0.5) is 0 Å². The van der Waals surface area contributed by atoms with Gasteiger partial charge in [0.05, 0.1) is 4.90 Å². The molecule has 5 nitrogen and oxygen atoms in total. The predicted molar refractivity (Wildman–Crippen MR) is 87.8 cm³/mol.